The first kappa shape index (κ1) is 12.7. The van der Waals surface area contributed by atoms with Crippen molar-refractivity contribution in [3.8, 4) is 0 Å². The Morgan fingerprint density at radius 2 is 2.12 bits per heavy atom. The zero-order valence-corrected chi connectivity index (χ0v) is 10.4. The van der Waals surface area contributed by atoms with Gasteiger partial charge in [0.25, 0.3) is 0 Å². The number of hydrogen-bond donors (Lipinski definition) is 1. The van der Waals surface area contributed by atoms with E-state index in [2.05, 4.69) is 9.97 Å². The van der Waals surface area contributed by atoms with Gasteiger partial charge in [-0.2, -0.15) is 4.98 Å². The molecule has 0 aliphatic heterocycles. The monoisotopic (exact) mass is 224 g/mol. The van der Waals surface area contributed by atoms with Crippen molar-refractivity contribution < 1.29 is 4.74 Å². The van der Waals surface area contributed by atoms with Gasteiger partial charge in [-0.1, -0.05) is 0 Å². The molecule has 90 valence electrons. The van der Waals surface area contributed by atoms with Crippen LogP contribution in [0.3, 0.4) is 0 Å². The van der Waals surface area contributed by atoms with Crippen LogP contribution in [0.15, 0.2) is 6.07 Å². The summed E-state index contributed by atoms with van der Waals surface area (Å²) in [6, 6.07) is 1.91. The second kappa shape index (κ2) is 5.65. The van der Waals surface area contributed by atoms with Crippen LogP contribution in [-0.2, 0) is 4.74 Å². The van der Waals surface area contributed by atoms with Crippen LogP contribution >= 0.6 is 0 Å². The second-order valence-electron chi connectivity index (χ2n) is 4.07. The third-order valence-electron chi connectivity index (χ3n) is 2.13. The van der Waals surface area contributed by atoms with Gasteiger partial charge in [-0.25, -0.2) is 4.98 Å². The molecule has 0 aliphatic rings. The maximum Gasteiger partial charge on any atom is 0.222 e. The van der Waals surface area contributed by atoms with Crippen molar-refractivity contribution in [2.45, 2.75) is 26.9 Å². The third-order valence-corrected chi connectivity index (χ3v) is 2.13. The van der Waals surface area contributed by atoms with Crippen molar-refractivity contribution >= 4 is 11.8 Å². The molecule has 1 aromatic heterocycles. The number of aromatic nitrogens is 2. The third kappa shape index (κ3) is 4.02. The number of anilines is 2. The van der Waals surface area contributed by atoms with E-state index in [1.807, 2.05) is 38.8 Å². The van der Waals surface area contributed by atoms with E-state index in [4.69, 9.17) is 10.5 Å². The Labute approximate surface area is 96.6 Å². The molecule has 0 unspecified atom stereocenters. The van der Waals surface area contributed by atoms with Crippen molar-refractivity contribution in [3.05, 3.63) is 11.8 Å². The summed E-state index contributed by atoms with van der Waals surface area (Å²) >= 11 is 0. The summed E-state index contributed by atoms with van der Waals surface area (Å²) in [6.07, 6.45) is 0.255. The molecule has 1 aromatic rings. The molecule has 1 heterocycles. The van der Waals surface area contributed by atoms with E-state index in [-0.39, 0.29) is 6.10 Å². The SMILES string of the molecule is Cc1cc(N(C)CCOC(C)C)nc(N)n1. The lowest BCUT2D eigenvalue weighted by Crippen LogP contribution is -2.25. The molecule has 16 heavy (non-hydrogen) atoms. The Morgan fingerprint density at radius 1 is 1.44 bits per heavy atom. The van der Waals surface area contributed by atoms with Crippen molar-refractivity contribution in [2.24, 2.45) is 0 Å². The van der Waals surface area contributed by atoms with Gasteiger partial charge in [0.2, 0.25) is 5.95 Å². The van der Waals surface area contributed by atoms with E-state index in [0.29, 0.717) is 12.6 Å². The molecular weight excluding hydrogens is 204 g/mol. The van der Waals surface area contributed by atoms with Crippen molar-refractivity contribution in [1.29, 1.82) is 0 Å². The van der Waals surface area contributed by atoms with E-state index < -0.39 is 0 Å². The minimum absolute atomic E-state index is 0.255. The highest BCUT2D eigenvalue weighted by atomic mass is 16.5. The number of hydrogen-bond acceptors (Lipinski definition) is 5. The van der Waals surface area contributed by atoms with Gasteiger partial charge >= 0.3 is 0 Å². The Bertz CT molecular complexity index is 321. The van der Waals surface area contributed by atoms with Gasteiger partial charge in [-0.05, 0) is 20.8 Å². The van der Waals surface area contributed by atoms with Gasteiger partial charge in [0, 0.05) is 25.4 Å². The van der Waals surface area contributed by atoms with Crippen LogP contribution in [0.25, 0.3) is 0 Å². The van der Waals surface area contributed by atoms with Crippen molar-refractivity contribution in [1.82, 2.24) is 9.97 Å². The molecule has 5 nitrogen and oxygen atoms in total. The lowest BCUT2D eigenvalue weighted by atomic mass is 10.4. The maximum atomic E-state index is 5.59. The number of nitrogens with two attached hydrogens (primary N) is 1. The first-order valence-corrected chi connectivity index (χ1v) is 5.43. The van der Waals surface area contributed by atoms with Crippen molar-refractivity contribution in [2.75, 3.05) is 30.8 Å². The van der Waals surface area contributed by atoms with E-state index in [1.165, 1.54) is 0 Å². The molecule has 0 amide bonds. The fourth-order valence-corrected chi connectivity index (χ4v) is 1.31. The van der Waals surface area contributed by atoms with Crippen LogP contribution in [-0.4, -0.2) is 36.3 Å². The number of nitrogens with zero attached hydrogens (tertiary/aromatic N) is 3. The molecule has 0 bridgehead atoms. The van der Waals surface area contributed by atoms with Gasteiger partial charge in [0.15, 0.2) is 0 Å². The van der Waals surface area contributed by atoms with Crippen LogP contribution in [0.4, 0.5) is 11.8 Å². The topological polar surface area (TPSA) is 64.3 Å². The summed E-state index contributed by atoms with van der Waals surface area (Å²) in [5.74, 6) is 1.14. The van der Waals surface area contributed by atoms with E-state index in [0.717, 1.165) is 18.1 Å². The molecule has 0 radical (unpaired) electrons. The highest BCUT2D eigenvalue weighted by molar-refractivity contribution is 5.42. The molecular formula is C11H20N4O. The number of nitrogen functional groups attached to an aromatic ring is 1. The van der Waals surface area contributed by atoms with E-state index in [1.54, 1.807) is 0 Å². The van der Waals surface area contributed by atoms with Crippen LogP contribution in [0.5, 0.6) is 0 Å². The quantitative estimate of drug-likeness (QED) is 0.815. The number of likely N-dealkylation sites (N-methyl/N-ethyl adjacent to an activating group) is 1. The molecule has 0 saturated carbocycles. The molecule has 0 atom stereocenters. The molecule has 0 spiro atoms. The summed E-state index contributed by atoms with van der Waals surface area (Å²) in [7, 11) is 1.96. The molecule has 2 N–H and O–H groups in total. The Morgan fingerprint density at radius 3 is 2.69 bits per heavy atom. The normalized spacial score (nSPS) is 10.8. The fourth-order valence-electron chi connectivity index (χ4n) is 1.31. The summed E-state index contributed by atoms with van der Waals surface area (Å²) in [4.78, 5) is 10.2. The minimum atomic E-state index is 0.255. The van der Waals surface area contributed by atoms with Crippen molar-refractivity contribution in [3.63, 3.8) is 0 Å². The van der Waals surface area contributed by atoms with E-state index in [9.17, 15) is 0 Å². The molecule has 5 heteroatoms. The highest BCUT2D eigenvalue weighted by Gasteiger charge is 2.05. The number of aryl methyl sites for hydroxylation is 1. The predicted molar refractivity (Wildman–Crippen MR) is 65.5 cm³/mol. The summed E-state index contributed by atoms with van der Waals surface area (Å²) in [5, 5.41) is 0. The average molecular weight is 224 g/mol. The Hall–Kier alpha value is -1.36. The maximum absolute atomic E-state index is 5.59. The van der Waals surface area contributed by atoms with Gasteiger partial charge in [-0.3, -0.25) is 0 Å². The number of ether oxygens (including phenoxy) is 1. The van der Waals surface area contributed by atoms with E-state index >= 15 is 0 Å². The molecule has 1 rings (SSSR count). The predicted octanol–water partition coefficient (Wildman–Crippen LogP) is 1.23. The Kier molecular flexibility index (Phi) is 4.49. The van der Waals surface area contributed by atoms with Gasteiger partial charge in [0.1, 0.15) is 5.82 Å². The Balaban J connectivity index is 2.55. The first-order chi connectivity index (χ1) is 7.49. The van der Waals surface area contributed by atoms with Gasteiger partial charge in [-0.15, -0.1) is 0 Å². The zero-order valence-electron chi connectivity index (χ0n) is 10.4. The average Bonchev–Trinajstić information content (AvgIpc) is 2.15. The van der Waals surface area contributed by atoms with Crippen LogP contribution in [0, 0.1) is 6.92 Å². The van der Waals surface area contributed by atoms with Crippen LogP contribution < -0.4 is 10.6 Å². The molecule has 0 saturated heterocycles. The first-order valence-electron chi connectivity index (χ1n) is 5.43. The summed E-state index contributed by atoms with van der Waals surface area (Å²) in [6.45, 7) is 7.41. The zero-order chi connectivity index (χ0) is 12.1. The molecule has 0 fully saturated rings. The molecule has 0 aliphatic carbocycles. The van der Waals surface area contributed by atoms with Crippen LogP contribution in [0.1, 0.15) is 19.5 Å². The standard InChI is InChI=1S/C11H20N4O/c1-8(2)16-6-5-15(4)10-7-9(3)13-11(12)14-10/h7-8H,5-6H2,1-4H3,(H2,12,13,14). The lowest BCUT2D eigenvalue weighted by Gasteiger charge is -2.19. The van der Waals surface area contributed by atoms with Crippen LogP contribution in [0.2, 0.25) is 0 Å². The highest BCUT2D eigenvalue weighted by Crippen LogP contribution is 2.11. The number of rotatable bonds is 5. The van der Waals surface area contributed by atoms with Gasteiger partial charge < -0.3 is 15.4 Å². The largest absolute Gasteiger partial charge is 0.377 e. The molecule has 0 aromatic carbocycles. The minimum Gasteiger partial charge on any atom is -0.377 e. The summed E-state index contributed by atoms with van der Waals surface area (Å²) in [5.41, 5.74) is 6.47. The second-order valence-corrected chi connectivity index (χ2v) is 4.07. The van der Waals surface area contributed by atoms with Gasteiger partial charge in [0.05, 0.1) is 12.7 Å². The smallest absolute Gasteiger partial charge is 0.222 e. The summed E-state index contributed by atoms with van der Waals surface area (Å²) < 4.78 is 5.48. The fraction of sp³-hybridized carbons (Fsp3) is 0.636. The lowest BCUT2D eigenvalue weighted by molar-refractivity contribution is 0.0845.